The van der Waals surface area contributed by atoms with E-state index in [-0.39, 0.29) is 5.56 Å². The molecule has 0 N–H and O–H groups in total. The number of benzene rings is 3. The molecule has 0 saturated heterocycles. The number of halogens is 1. The van der Waals surface area contributed by atoms with E-state index >= 15 is 0 Å². The molecule has 0 aliphatic carbocycles. The summed E-state index contributed by atoms with van der Waals surface area (Å²) < 4.78 is 13.9. The Kier molecular flexibility index (Phi) is 7.19. The highest BCUT2D eigenvalue weighted by Crippen LogP contribution is 2.29. The average molecular weight is 506 g/mol. The van der Waals surface area contributed by atoms with Gasteiger partial charge in [-0.25, -0.2) is 4.98 Å². The van der Waals surface area contributed by atoms with Crippen LogP contribution < -0.4 is 15.0 Å². The van der Waals surface area contributed by atoms with Crippen molar-refractivity contribution in [2.75, 3.05) is 6.61 Å². The van der Waals surface area contributed by atoms with Crippen molar-refractivity contribution in [1.82, 2.24) is 9.66 Å². The molecule has 0 saturated carbocycles. The summed E-state index contributed by atoms with van der Waals surface area (Å²) in [5.41, 5.74) is 2.31. The van der Waals surface area contributed by atoms with Crippen LogP contribution in [0.2, 0.25) is 0 Å². The van der Waals surface area contributed by atoms with Gasteiger partial charge in [-0.3, -0.25) is 4.79 Å². The smallest absolute Gasteiger partial charge is 0.282 e. The zero-order valence-electron chi connectivity index (χ0n) is 18.5. The van der Waals surface area contributed by atoms with E-state index < -0.39 is 0 Å². The predicted octanol–water partition coefficient (Wildman–Crippen LogP) is 5.58. The van der Waals surface area contributed by atoms with Crippen LogP contribution in [0.25, 0.3) is 10.9 Å². The first kappa shape index (κ1) is 22.7. The predicted molar refractivity (Wildman–Crippen MR) is 134 cm³/mol. The topological polar surface area (TPSA) is 65.7 Å². The van der Waals surface area contributed by atoms with E-state index in [0.717, 1.165) is 15.6 Å². The molecule has 4 aromatic rings. The van der Waals surface area contributed by atoms with Gasteiger partial charge in [-0.2, -0.15) is 9.78 Å². The van der Waals surface area contributed by atoms with Crippen molar-refractivity contribution in [2.45, 2.75) is 26.9 Å². The summed E-state index contributed by atoms with van der Waals surface area (Å²) in [7, 11) is 0. The third kappa shape index (κ3) is 5.31. The third-order valence-electron chi connectivity index (χ3n) is 5.02. The molecule has 0 spiro atoms. The minimum atomic E-state index is -0.206. The average Bonchev–Trinajstić information content (AvgIpc) is 2.84. The molecule has 0 aliphatic heterocycles. The van der Waals surface area contributed by atoms with Gasteiger partial charge < -0.3 is 9.47 Å². The molecule has 0 radical (unpaired) electrons. The van der Waals surface area contributed by atoms with Gasteiger partial charge in [0.25, 0.3) is 5.56 Å². The zero-order valence-corrected chi connectivity index (χ0v) is 20.1. The van der Waals surface area contributed by atoms with Gasteiger partial charge in [0.05, 0.1) is 23.7 Å². The lowest BCUT2D eigenvalue weighted by Crippen LogP contribution is -2.22. The Morgan fingerprint density at radius 3 is 2.58 bits per heavy atom. The van der Waals surface area contributed by atoms with Gasteiger partial charge in [0, 0.05) is 10.9 Å². The lowest BCUT2D eigenvalue weighted by atomic mass is 10.2. The van der Waals surface area contributed by atoms with Crippen molar-refractivity contribution >= 4 is 33.0 Å². The van der Waals surface area contributed by atoms with E-state index in [1.165, 1.54) is 4.68 Å². The highest BCUT2D eigenvalue weighted by Gasteiger charge is 2.10. The molecule has 1 heterocycles. The summed E-state index contributed by atoms with van der Waals surface area (Å²) >= 11 is 3.42. The Balaban J connectivity index is 1.64. The molecule has 168 valence electrons. The minimum Gasteiger partial charge on any atom is -0.490 e. The van der Waals surface area contributed by atoms with Crippen molar-refractivity contribution in [3.63, 3.8) is 0 Å². The first-order valence-electron chi connectivity index (χ1n) is 10.8. The second-order valence-corrected chi connectivity index (χ2v) is 8.23. The van der Waals surface area contributed by atoms with Gasteiger partial charge in [-0.15, -0.1) is 0 Å². The van der Waals surface area contributed by atoms with Crippen LogP contribution >= 0.6 is 15.9 Å². The number of hydrogen-bond donors (Lipinski definition) is 0. The highest BCUT2D eigenvalue weighted by atomic mass is 79.9. The molecule has 0 amide bonds. The molecule has 1 aromatic heterocycles. The molecule has 3 aromatic carbocycles. The van der Waals surface area contributed by atoms with Gasteiger partial charge >= 0.3 is 0 Å². The lowest BCUT2D eigenvalue weighted by Gasteiger charge is -2.13. The fourth-order valence-electron chi connectivity index (χ4n) is 3.39. The summed E-state index contributed by atoms with van der Waals surface area (Å²) in [5, 5.41) is 4.97. The van der Waals surface area contributed by atoms with Crippen LogP contribution in [0.4, 0.5) is 0 Å². The molecule has 0 atom stereocenters. The molecule has 0 unspecified atom stereocenters. The van der Waals surface area contributed by atoms with E-state index in [1.807, 2.05) is 74.5 Å². The number of nitrogens with zero attached hydrogens (tertiary/aromatic N) is 3. The Morgan fingerprint density at radius 1 is 1.00 bits per heavy atom. The van der Waals surface area contributed by atoms with Crippen LogP contribution in [-0.2, 0) is 13.0 Å². The van der Waals surface area contributed by atoms with Crippen LogP contribution in [-0.4, -0.2) is 22.5 Å². The lowest BCUT2D eigenvalue weighted by molar-refractivity contribution is 0.269. The second-order valence-electron chi connectivity index (χ2n) is 7.32. The Bertz CT molecular complexity index is 1350. The maximum Gasteiger partial charge on any atom is 0.282 e. The quantitative estimate of drug-likeness (QED) is 0.293. The van der Waals surface area contributed by atoms with Crippen molar-refractivity contribution in [3.8, 4) is 11.5 Å². The van der Waals surface area contributed by atoms with Gasteiger partial charge in [0.2, 0.25) is 0 Å². The van der Waals surface area contributed by atoms with Gasteiger partial charge in [0.15, 0.2) is 11.5 Å². The maximum absolute atomic E-state index is 13.1. The largest absolute Gasteiger partial charge is 0.490 e. The van der Waals surface area contributed by atoms with Crippen LogP contribution in [0, 0.1) is 0 Å². The zero-order chi connectivity index (χ0) is 23.2. The number of rotatable bonds is 8. The summed E-state index contributed by atoms with van der Waals surface area (Å²) in [6.07, 6.45) is 2.21. The second kappa shape index (κ2) is 10.4. The Hall–Kier alpha value is -3.45. The number of hydrogen-bond acceptors (Lipinski definition) is 5. The minimum absolute atomic E-state index is 0.206. The van der Waals surface area contributed by atoms with Crippen molar-refractivity contribution in [3.05, 3.63) is 98.5 Å². The van der Waals surface area contributed by atoms with E-state index in [2.05, 4.69) is 26.0 Å². The van der Waals surface area contributed by atoms with E-state index in [1.54, 1.807) is 12.3 Å². The van der Waals surface area contributed by atoms with E-state index in [0.29, 0.717) is 47.9 Å². The molecule has 4 rings (SSSR count). The van der Waals surface area contributed by atoms with E-state index in [4.69, 9.17) is 9.47 Å². The summed E-state index contributed by atoms with van der Waals surface area (Å²) in [6.45, 7) is 4.82. The van der Waals surface area contributed by atoms with Crippen molar-refractivity contribution in [2.24, 2.45) is 5.10 Å². The first-order valence-corrected chi connectivity index (χ1v) is 11.6. The molecular weight excluding hydrogens is 482 g/mol. The normalized spacial score (nSPS) is 11.2. The van der Waals surface area contributed by atoms with Crippen LogP contribution in [0.5, 0.6) is 11.5 Å². The molecule has 33 heavy (non-hydrogen) atoms. The molecule has 0 aliphatic rings. The van der Waals surface area contributed by atoms with Crippen molar-refractivity contribution < 1.29 is 9.47 Å². The molecular formula is C26H24BrN3O3. The Labute approximate surface area is 200 Å². The fourth-order valence-corrected chi connectivity index (χ4v) is 3.76. The van der Waals surface area contributed by atoms with Gasteiger partial charge in [-0.05, 0) is 54.4 Å². The number of aryl methyl sites for hydroxylation is 1. The maximum atomic E-state index is 13.1. The molecule has 7 heteroatoms. The highest BCUT2D eigenvalue weighted by molar-refractivity contribution is 9.10. The number of fused-ring (bicyclic) bond motifs is 1. The first-order chi connectivity index (χ1) is 16.1. The van der Waals surface area contributed by atoms with Crippen LogP contribution in [0.15, 0.2) is 81.1 Å². The SMILES string of the molecule is CCOc1cc(C=Nn2c(CC)nc3ccc(Br)cc3c2=O)ccc1OCc1ccccc1. The van der Waals surface area contributed by atoms with Crippen LogP contribution in [0.3, 0.4) is 0 Å². The summed E-state index contributed by atoms with van der Waals surface area (Å²) in [4.78, 5) is 17.7. The third-order valence-corrected chi connectivity index (χ3v) is 5.51. The van der Waals surface area contributed by atoms with Crippen molar-refractivity contribution in [1.29, 1.82) is 0 Å². The monoisotopic (exact) mass is 505 g/mol. The number of aromatic nitrogens is 2. The number of ether oxygens (including phenoxy) is 2. The van der Waals surface area contributed by atoms with E-state index in [9.17, 15) is 4.79 Å². The summed E-state index contributed by atoms with van der Waals surface area (Å²) in [5.74, 6) is 1.88. The van der Waals surface area contributed by atoms with Crippen LogP contribution in [0.1, 0.15) is 30.8 Å². The molecule has 0 bridgehead atoms. The fraction of sp³-hybridized carbons (Fsp3) is 0.192. The summed E-state index contributed by atoms with van der Waals surface area (Å²) in [6, 6.07) is 21.0. The molecule has 6 nitrogen and oxygen atoms in total. The molecule has 0 fully saturated rings. The van der Waals surface area contributed by atoms with Gasteiger partial charge in [0.1, 0.15) is 12.4 Å². The van der Waals surface area contributed by atoms with Gasteiger partial charge in [-0.1, -0.05) is 53.2 Å². The standard InChI is InChI=1S/C26H24BrN3O3/c1-3-25-29-22-12-11-20(27)15-21(22)26(31)30(25)28-16-19-10-13-23(24(14-19)32-4-2)33-17-18-8-6-5-7-9-18/h5-16H,3-4,17H2,1-2H3. The Morgan fingerprint density at radius 2 is 1.82 bits per heavy atom.